The van der Waals surface area contributed by atoms with Crippen molar-refractivity contribution in [3.8, 4) is 23.0 Å². The van der Waals surface area contributed by atoms with Crippen LogP contribution in [0.4, 0.5) is 0 Å². The number of rotatable bonds is 11. The Morgan fingerprint density at radius 3 is 1.91 bits per heavy atom. The molecule has 0 aromatic heterocycles. The normalized spacial score (nSPS) is 18.1. The van der Waals surface area contributed by atoms with Crippen LogP contribution in [0.15, 0.2) is 24.3 Å². The van der Waals surface area contributed by atoms with Crippen LogP contribution in [0, 0.1) is 0 Å². The minimum atomic E-state index is -0.0754. The summed E-state index contributed by atoms with van der Waals surface area (Å²) in [5.41, 5.74) is 5.24. The molecule has 0 bridgehead atoms. The fraction of sp³-hybridized carbons (Fsp3) is 0.536. The standard InChI is InChI=1S/C28H38N2O5/c1-29(17-22-12-21-15-27(34-4)28(35-5)16-24(21)22)9-8-23(18-31)30-10-6-19-13-25(32-2)26(33-3)14-20(19)7-11-30/h13-16,18,22-23H,6-12,17H2,1-5H3. The van der Waals surface area contributed by atoms with Gasteiger partial charge in [0.1, 0.15) is 6.29 Å². The summed E-state index contributed by atoms with van der Waals surface area (Å²) < 4.78 is 21.9. The van der Waals surface area contributed by atoms with E-state index in [-0.39, 0.29) is 6.04 Å². The van der Waals surface area contributed by atoms with E-state index in [1.807, 2.05) is 0 Å². The van der Waals surface area contributed by atoms with Gasteiger partial charge in [-0.3, -0.25) is 4.90 Å². The molecule has 1 heterocycles. The number of carbonyl (C=O) groups is 1. The molecule has 2 aromatic rings. The Morgan fingerprint density at radius 1 is 0.886 bits per heavy atom. The van der Waals surface area contributed by atoms with Gasteiger partial charge in [-0.15, -0.1) is 0 Å². The van der Waals surface area contributed by atoms with Crippen molar-refractivity contribution in [2.24, 2.45) is 0 Å². The quantitative estimate of drug-likeness (QED) is 0.455. The van der Waals surface area contributed by atoms with Crippen LogP contribution in [0.5, 0.6) is 23.0 Å². The number of ether oxygens (including phenoxy) is 4. The summed E-state index contributed by atoms with van der Waals surface area (Å²) >= 11 is 0. The summed E-state index contributed by atoms with van der Waals surface area (Å²) in [6, 6.07) is 8.30. The van der Waals surface area contributed by atoms with Gasteiger partial charge in [0.2, 0.25) is 0 Å². The van der Waals surface area contributed by atoms with Gasteiger partial charge >= 0.3 is 0 Å². The van der Waals surface area contributed by atoms with Crippen LogP contribution in [0.3, 0.4) is 0 Å². The number of nitrogens with zero attached hydrogens (tertiary/aromatic N) is 2. The van der Waals surface area contributed by atoms with E-state index in [1.54, 1.807) is 28.4 Å². The first-order valence-electron chi connectivity index (χ1n) is 12.4. The van der Waals surface area contributed by atoms with Gasteiger partial charge in [-0.25, -0.2) is 0 Å². The van der Waals surface area contributed by atoms with Gasteiger partial charge in [-0.2, -0.15) is 0 Å². The Hall–Kier alpha value is -2.77. The average Bonchev–Trinajstić information content (AvgIpc) is 3.08. The van der Waals surface area contributed by atoms with E-state index in [2.05, 4.69) is 41.1 Å². The van der Waals surface area contributed by atoms with Crippen LogP contribution >= 0.6 is 0 Å². The van der Waals surface area contributed by atoms with Crippen molar-refractivity contribution in [2.75, 3.05) is 61.7 Å². The summed E-state index contributed by atoms with van der Waals surface area (Å²) in [6.45, 7) is 3.59. The number of carbonyl (C=O) groups excluding carboxylic acids is 1. The van der Waals surface area contributed by atoms with E-state index in [1.165, 1.54) is 22.3 Å². The van der Waals surface area contributed by atoms with Crippen molar-refractivity contribution in [1.29, 1.82) is 0 Å². The molecule has 2 aromatic carbocycles. The van der Waals surface area contributed by atoms with E-state index in [0.717, 1.165) is 81.1 Å². The predicted molar refractivity (Wildman–Crippen MR) is 136 cm³/mol. The number of hydrogen-bond acceptors (Lipinski definition) is 7. The molecule has 7 nitrogen and oxygen atoms in total. The van der Waals surface area contributed by atoms with E-state index >= 15 is 0 Å². The number of likely N-dealkylation sites (N-methyl/N-ethyl adjacent to an activating group) is 1. The summed E-state index contributed by atoms with van der Waals surface area (Å²) in [5.74, 6) is 3.60. The van der Waals surface area contributed by atoms with E-state index in [0.29, 0.717) is 5.92 Å². The van der Waals surface area contributed by atoms with Crippen molar-refractivity contribution < 1.29 is 23.7 Å². The molecule has 190 valence electrons. The largest absolute Gasteiger partial charge is 0.493 e. The molecule has 0 fully saturated rings. The first-order chi connectivity index (χ1) is 17.0. The molecule has 1 aliphatic carbocycles. The number of aldehydes is 1. The highest BCUT2D eigenvalue weighted by molar-refractivity contribution is 5.58. The zero-order chi connectivity index (χ0) is 24.9. The second-order valence-corrected chi connectivity index (χ2v) is 9.57. The summed E-state index contributed by atoms with van der Waals surface area (Å²) in [5, 5.41) is 0. The van der Waals surface area contributed by atoms with Crippen LogP contribution in [-0.4, -0.2) is 83.8 Å². The minimum Gasteiger partial charge on any atom is -0.493 e. The predicted octanol–water partition coefficient (Wildman–Crippen LogP) is 3.35. The maximum Gasteiger partial charge on any atom is 0.161 e. The van der Waals surface area contributed by atoms with Crippen molar-refractivity contribution in [3.63, 3.8) is 0 Å². The third-order valence-corrected chi connectivity index (χ3v) is 7.56. The molecule has 1 aliphatic heterocycles. The molecule has 4 rings (SSSR count). The molecule has 0 saturated carbocycles. The Morgan fingerprint density at radius 2 is 1.40 bits per heavy atom. The Bertz CT molecular complexity index is 1010. The zero-order valence-electron chi connectivity index (χ0n) is 21.6. The highest BCUT2D eigenvalue weighted by Crippen LogP contribution is 2.42. The fourth-order valence-electron chi connectivity index (χ4n) is 5.46. The number of methoxy groups -OCH3 is 4. The third-order valence-electron chi connectivity index (χ3n) is 7.56. The van der Waals surface area contributed by atoms with Crippen LogP contribution in [0.25, 0.3) is 0 Å². The third kappa shape index (κ3) is 5.41. The lowest BCUT2D eigenvalue weighted by molar-refractivity contribution is -0.112. The van der Waals surface area contributed by atoms with Crippen molar-refractivity contribution in [2.45, 2.75) is 37.6 Å². The van der Waals surface area contributed by atoms with Crippen LogP contribution in [-0.2, 0) is 24.1 Å². The molecule has 2 aliphatic rings. The van der Waals surface area contributed by atoms with Crippen LogP contribution < -0.4 is 18.9 Å². The molecule has 0 amide bonds. The van der Waals surface area contributed by atoms with Gasteiger partial charge in [0, 0.05) is 25.6 Å². The Kier molecular flexibility index (Phi) is 8.19. The highest BCUT2D eigenvalue weighted by Gasteiger charge is 2.30. The first kappa shape index (κ1) is 25.3. The van der Waals surface area contributed by atoms with E-state index < -0.39 is 0 Å². The van der Waals surface area contributed by atoms with E-state index in [9.17, 15) is 4.79 Å². The molecule has 35 heavy (non-hydrogen) atoms. The smallest absolute Gasteiger partial charge is 0.161 e. The number of hydrogen-bond donors (Lipinski definition) is 0. The van der Waals surface area contributed by atoms with Crippen LogP contribution in [0.1, 0.15) is 34.6 Å². The average molecular weight is 483 g/mol. The molecule has 2 unspecified atom stereocenters. The minimum absolute atomic E-state index is 0.0754. The highest BCUT2D eigenvalue weighted by atomic mass is 16.5. The Balaban J connectivity index is 1.32. The lowest BCUT2D eigenvalue weighted by Gasteiger charge is -2.35. The van der Waals surface area contributed by atoms with Crippen LogP contribution in [0.2, 0.25) is 0 Å². The molecule has 0 N–H and O–H groups in total. The second-order valence-electron chi connectivity index (χ2n) is 9.57. The van der Waals surface area contributed by atoms with Gasteiger partial charge in [0.15, 0.2) is 23.0 Å². The zero-order valence-corrected chi connectivity index (χ0v) is 21.6. The lowest BCUT2D eigenvalue weighted by atomic mass is 9.77. The SMILES string of the molecule is COc1cc2c(cc1OC)CCN(C(C=O)CCN(C)CC1Cc3cc(OC)c(OC)cc31)CC2. The second kappa shape index (κ2) is 11.3. The van der Waals surface area contributed by atoms with Gasteiger partial charge in [0.25, 0.3) is 0 Å². The van der Waals surface area contributed by atoms with Gasteiger partial charge < -0.3 is 28.6 Å². The van der Waals surface area contributed by atoms with Crippen molar-refractivity contribution in [3.05, 3.63) is 46.5 Å². The molecular formula is C28H38N2O5. The molecule has 0 saturated heterocycles. The van der Waals surface area contributed by atoms with Gasteiger partial charge in [-0.1, -0.05) is 0 Å². The molecular weight excluding hydrogens is 444 g/mol. The molecule has 0 spiro atoms. The molecule has 7 heteroatoms. The first-order valence-corrected chi connectivity index (χ1v) is 12.4. The maximum atomic E-state index is 12.1. The molecule has 0 radical (unpaired) electrons. The van der Waals surface area contributed by atoms with Crippen molar-refractivity contribution >= 4 is 6.29 Å². The monoisotopic (exact) mass is 482 g/mol. The topological polar surface area (TPSA) is 60.5 Å². The fourth-order valence-corrected chi connectivity index (χ4v) is 5.46. The van der Waals surface area contributed by atoms with Gasteiger partial charge in [-0.05, 0) is 85.8 Å². The van der Waals surface area contributed by atoms with Crippen molar-refractivity contribution in [1.82, 2.24) is 9.80 Å². The number of fused-ring (bicyclic) bond motifs is 2. The maximum absolute atomic E-state index is 12.1. The summed E-state index contributed by atoms with van der Waals surface area (Å²) in [4.78, 5) is 16.7. The summed E-state index contributed by atoms with van der Waals surface area (Å²) in [7, 11) is 8.84. The number of benzene rings is 2. The Labute approximate surface area is 208 Å². The lowest BCUT2D eigenvalue weighted by Crippen LogP contribution is -2.41. The molecule has 2 atom stereocenters. The van der Waals surface area contributed by atoms with E-state index in [4.69, 9.17) is 18.9 Å². The van der Waals surface area contributed by atoms with Gasteiger partial charge in [0.05, 0.1) is 34.5 Å². The summed E-state index contributed by atoms with van der Waals surface area (Å²) in [6.07, 6.45) is 4.81.